The van der Waals surface area contributed by atoms with Crippen LogP contribution in [0.2, 0.25) is 0 Å². The molecule has 1 aliphatic rings. The molecule has 88 valence electrons. The Kier molecular flexibility index (Phi) is 5.09. The largest absolute Gasteiger partial charge is 0.462 e. The lowest BCUT2D eigenvalue weighted by atomic mass is 9.99. The molecule has 3 nitrogen and oxygen atoms in total. The topological polar surface area (TPSA) is 38.3 Å². The predicted octanol–water partition coefficient (Wildman–Crippen LogP) is 1.96. The number of nitrogens with one attached hydrogen (secondary N) is 1. The lowest BCUT2D eigenvalue weighted by Crippen LogP contribution is -2.35. The van der Waals surface area contributed by atoms with Gasteiger partial charge in [0.1, 0.15) is 6.10 Å². The van der Waals surface area contributed by atoms with Gasteiger partial charge in [-0.15, -0.1) is 0 Å². The first-order chi connectivity index (χ1) is 7.09. The van der Waals surface area contributed by atoms with Gasteiger partial charge in [0.2, 0.25) is 0 Å². The Balaban J connectivity index is 2.27. The maximum Gasteiger partial charge on any atom is 0.308 e. The van der Waals surface area contributed by atoms with Gasteiger partial charge in [0.05, 0.1) is 5.92 Å². The third-order valence-electron chi connectivity index (χ3n) is 2.80. The summed E-state index contributed by atoms with van der Waals surface area (Å²) in [6.07, 6.45) is 2.98. The first kappa shape index (κ1) is 12.5. The van der Waals surface area contributed by atoms with E-state index in [0.717, 1.165) is 32.4 Å². The molecule has 0 aromatic carbocycles. The third kappa shape index (κ3) is 4.65. The third-order valence-corrected chi connectivity index (χ3v) is 2.80. The van der Waals surface area contributed by atoms with Gasteiger partial charge in [-0.2, -0.15) is 0 Å². The summed E-state index contributed by atoms with van der Waals surface area (Å²) < 4.78 is 5.48. The highest BCUT2D eigenvalue weighted by Gasteiger charge is 2.21. The summed E-state index contributed by atoms with van der Waals surface area (Å²) in [7, 11) is 0. The van der Waals surface area contributed by atoms with E-state index in [1.54, 1.807) is 0 Å². The van der Waals surface area contributed by atoms with E-state index in [1.165, 1.54) is 0 Å². The molecule has 1 aliphatic heterocycles. The van der Waals surface area contributed by atoms with E-state index in [0.29, 0.717) is 5.92 Å². The summed E-state index contributed by atoms with van der Waals surface area (Å²) in [6.45, 7) is 8.17. The smallest absolute Gasteiger partial charge is 0.308 e. The molecule has 0 amide bonds. The van der Waals surface area contributed by atoms with E-state index in [2.05, 4.69) is 19.2 Å². The van der Waals surface area contributed by atoms with Crippen molar-refractivity contribution in [2.75, 3.05) is 13.1 Å². The summed E-state index contributed by atoms with van der Waals surface area (Å²) in [5, 5.41) is 3.26. The second kappa shape index (κ2) is 6.11. The summed E-state index contributed by atoms with van der Waals surface area (Å²) in [5.74, 6) is 0.580. The molecule has 0 saturated carbocycles. The van der Waals surface area contributed by atoms with E-state index in [9.17, 15) is 4.79 Å². The van der Waals surface area contributed by atoms with E-state index in [4.69, 9.17) is 4.74 Å². The van der Waals surface area contributed by atoms with Crippen LogP contribution in [0.3, 0.4) is 0 Å². The summed E-state index contributed by atoms with van der Waals surface area (Å²) in [4.78, 5) is 11.7. The van der Waals surface area contributed by atoms with Crippen molar-refractivity contribution >= 4 is 5.97 Å². The molecule has 0 bridgehead atoms. The summed E-state index contributed by atoms with van der Waals surface area (Å²) >= 11 is 0. The number of carbonyl (C=O) groups is 1. The van der Waals surface area contributed by atoms with E-state index >= 15 is 0 Å². The van der Waals surface area contributed by atoms with Gasteiger partial charge in [0.15, 0.2) is 0 Å². The molecule has 0 spiro atoms. The zero-order chi connectivity index (χ0) is 11.3. The number of carbonyl (C=O) groups excluding carboxylic acids is 1. The quantitative estimate of drug-likeness (QED) is 0.726. The summed E-state index contributed by atoms with van der Waals surface area (Å²) in [6, 6.07) is 0. The fraction of sp³-hybridized carbons (Fsp3) is 0.917. The van der Waals surface area contributed by atoms with Crippen LogP contribution in [0, 0.1) is 11.8 Å². The normalized spacial score (nSPS) is 20.3. The predicted molar refractivity (Wildman–Crippen MR) is 60.6 cm³/mol. The van der Waals surface area contributed by atoms with Gasteiger partial charge in [-0.25, -0.2) is 0 Å². The fourth-order valence-electron chi connectivity index (χ4n) is 2.00. The minimum atomic E-state index is -0.0180. The van der Waals surface area contributed by atoms with Crippen molar-refractivity contribution in [2.45, 2.75) is 46.1 Å². The number of piperidine rings is 1. The van der Waals surface area contributed by atoms with Gasteiger partial charge < -0.3 is 10.1 Å². The maximum absolute atomic E-state index is 11.7. The Labute approximate surface area is 92.6 Å². The van der Waals surface area contributed by atoms with Crippen LogP contribution < -0.4 is 5.32 Å². The monoisotopic (exact) mass is 213 g/mol. The zero-order valence-electron chi connectivity index (χ0n) is 10.1. The molecule has 3 heteroatoms. The SMILES string of the molecule is CC(C)CC(C)C(=O)OC1CCNCC1. The molecule has 15 heavy (non-hydrogen) atoms. The van der Waals surface area contributed by atoms with Crippen LogP contribution in [0.4, 0.5) is 0 Å². The van der Waals surface area contributed by atoms with Crippen molar-refractivity contribution in [2.24, 2.45) is 11.8 Å². The molecule has 1 unspecified atom stereocenters. The second-order valence-electron chi connectivity index (χ2n) is 4.92. The zero-order valence-corrected chi connectivity index (χ0v) is 10.1. The van der Waals surface area contributed by atoms with Crippen molar-refractivity contribution in [3.05, 3.63) is 0 Å². The fourth-order valence-corrected chi connectivity index (χ4v) is 2.00. The molecule has 1 atom stereocenters. The Morgan fingerprint density at radius 1 is 1.33 bits per heavy atom. The van der Waals surface area contributed by atoms with E-state index < -0.39 is 0 Å². The van der Waals surface area contributed by atoms with E-state index in [-0.39, 0.29) is 18.0 Å². The van der Waals surface area contributed by atoms with Gasteiger partial charge in [-0.1, -0.05) is 20.8 Å². The number of hydrogen-bond acceptors (Lipinski definition) is 3. The Morgan fingerprint density at radius 3 is 2.47 bits per heavy atom. The average Bonchev–Trinajstić information content (AvgIpc) is 2.18. The van der Waals surface area contributed by atoms with E-state index in [1.807, 2.05) is 6.92 Å². The number of esters is 1. The highest BCUT2D eigenvalue weighted by molar-refractivity contribution is 5.72. The first-order valence-corrected chi connectivity index (χ1v) is 6.00. The Morgan fingerprint density at radius 2 is 1.93 bits per heavy atom. The maximum atomic E-state index is 11.7. The van der Waals surface area contributed by atoms with Gasteiger partial charge in [0.25, 0.3) is 0 Å². The Bertz CT molecular complexity index is 198. The molecule has 0 aromatic heterocycles. The van der Waals surface area contributed by atoms with Crippen LogP contribution >= 0.6 is 0 Å². The molecule has 0 aliphatic carbocycles. The second-order valence-corrected chi connectivity index (χ2v) is 4.92. The first-order valence-electron chi connectivity index (χ1n) is 6.00. The van der Waals surface area contributed by atoms with Crippen molar-refractivity contribution in [1.29, 1.82) is 0 Å². The number of hydrogen-bond donors (Lipinski definition) is 1. The van der Waals surface area contributed by atoms with Crippen molar-refractivity contribution < 1.29 is 9.53 Å². The van der Waals surface area contributed by atoms with Crippen molar-refractivity contribution in [1.82, 2.24) is 5.32 Å². The van der Waals surface area contributed by atoms with Crippen LogP contribution in [0.5, 0.6) is 0 Å². The van der Waals surface area contributed by atoms with Crippen molar-refractivity contribution in [3.8, 4) is 0 Å². The molecule has 0 radical (unpaired) electrons. The molecular formula is C12H23NO2. The minimum absolute atomic E-state index is 0.0180. The molecule has 1 N–H and O–H groups in total. The van der Waals surface area contributed by atoms with Gasteiger partial charge in [-0.05, 0) is 38.3 Å². The van der Waals surface area contributed by atoms with Crippen LogP contribution in [0.25, 0.3) is 0 Å². The van der Waals surface area contributed by atoms with Crippen LogP contribution in [0.15, 0.2) is 0 Å². The lowest BCUT2D eigenvalue weighted by molar-refractivity contribution is -0.155. The molecular weight excluding hydrogens is 190 g/mol. The number of ether oxygens (including phenoxy) is 1. The number of rotatable bonds is 4. The lowest BCUT2D eigenvalue weighted by Gasteiger charge is -2.24. The van der Waals surface area contributed by atoms with Crippen molar-refractivity contribution in [3.63, 3.8) is 0 Å². The molecule has 1 saturated heterocycles. The van der Waals surface area contributed by atoms with Gasteiger partial charge in [0, 0.05) is 0 Å². The average molecular weight is 213 g/mol. The van der Waals surface area contributed by atoms with Crippen LogP contribution in [0.1, 0.15) is 40.0 Å². The van der Waals surface area contributed by atoms with Crippen LogP contribution in [-0.2, 0) is 9.53 Å². The van der Waals surface area contributed by atoms with Crippen LogP contribution in [-0.4, -0.2) is 25.2 Å². The molecule has 1 heterocycles. The minimum Gasteiger partial charge on any atom is -0.462 e. The van der Waals surface area contributed by atoms with Gasteiger partial charge >= 0.3 is 5.97 Å². The highest BCUT2D eigenvalue weighted by Crippen LogP contribution is 2.16. The molecule has 1 rings (SSSR count). The molecule has 0 aromatic rings. The standard InChI is InChI=1S/C12H23NO2/c1-9(2)8-10(3)12(14)15-11-4-6-13-7-5-11/h9-11,13H,4-8H2,1-3H3. The van der Waals surface area contributed by atoms with Gasteiger partial charge in [-0.3, -0.25) is 4.79 Å². The summed E-state index contributed by atoms with van der Waals surface area (Å²) in [5.41, 5.74) is 0. The highest BCUT2D eigenvalue weighted by atomic mass is 16.5. The molecule has 1 fully saturated rings. The Hall–Kier alpha value is -0.570.